The number of pyridine rings is 1. The second-order valence-corrected chi connectivity index (χ2v) is 6.48. The molecule has 0 spiro atoms. The molecule has 0 atom stereocenters. The Bertz CT molecular complexity index is 1030. The number of nitrogens with zero attached hydrogens (tertiary/aromatic N) is 1. The Balaban J connectivity index is 1.82. The molecule has 2 N–H and O–H groups in total. The van der Waals surface area contributed by atoms with E-state index < -0.39 is 11.7 Å². The maximum absolute atomic E-state index is 13.8. The summed E-state index contributed by atoms with van der Waals surface area (Å²) in [5.74, 6) is -1.46. The number of aromatic nitrogens is 1. The zero-order valence-electron chi connectivity index (χ0n) is 16.3. The van der Waals surface area contributed by atoms with Gasteiger partial charge in [0, 0.05) is 17.4 Å². The molecule has 0 aliphatic carbocycles. The van der Waals surface area contributed by atoms with E-state index in [-0.39, 0.29) is 17.3 Å². The number of carbonyl (C=O) groups is 2. The molecule has 1 aromatic heterocycles. The van der Waals surface area contributed by atoms with Crippen molar-refractivity contribution in [3.8, 4) is 0 Å². The van der Waals surface area contributed by atoms with Crippen LogP contribution in [0.5, 0.6) is 0 Å². The Hall–Kier alpha value is -3.54. The van der Waals surface area contributed by atoms with Crippen molar-refractivity contribution < 1.29 is 14.0 Å². The molecule has 0 radical (unpaired) electrons. The van der Waals surface area contributed by atoms with Crippen molar-refractivity contribution in [3.63, 3.8) is 0 Å². The second-order valence-electron chi connectivity index (χ2n) is 6.48. The van der Waals surface area contributed by atoms with Crippen LogP contribution in [0, 0.1) is 5.82 Å². The van der Waals surface area contributed by atoms with Crippen LogP contribution in [0.2, 0.25) is 0 Å². The van der Waals surface area contributed by atoms with Gasteiger partial charge in [-0.1, -0.05) is 44.2 Å². The lowest BCUT2D eigenvalue weighted by atomic mass is 10.0. The fourth-order valence-corrected chi connectivity index (χ4v) is 3.03. The van der Waals surface area contributed by atoms with Gasteiger partial charge in [-0.15, -0.1) is 0 Å². The van der Waals surface area contributed by atoms with Crippen molar-refractivity contribution in [3.05, 3.63) is 89.0 Å². The number of nitrogens with one attached hydrogen (secondary N) is 2. The standard InChI is InChI=1S/C23H22FN3O2/c1-3-15-8-7-9-16(4-2)21(15)27-22(28)17-12-13-25-20(14-17)23(29)26-19-11-6-5-10-18(19)24/h5-14H,3-4H2,1-2H3,(H,26,29)(H,27,28). The fourth-order valence-electron chi connectivity index (χ4n) is 3.03. The van der Waals surface area contributed by atoms with Crippen LogP contribution < -0.4 is 10.6 Å². The van der Waals surface area contributed by atoms with Gasteiger partial charge in [-0.2, -0.15) is 0 Å². The van der Waals surface area contributed by atoms with Crippen molar-refractivity contribution >= 4 is 23.2 Å². The molecule has 0 aliphatic heterocycles. The average molecular weight is 391 g/mol. The Morgan fingerprint density at radius 2 is 1.59 bits per heavy atom. The molecule has 0 aliphatic rings. The Morgan fingerprint density at radius 3 is 2.24 bits per heavy atom. The molecule has 3 rings (SSSR count). The summed E-state index contributed by atoms with van der Waals surface area (Å²) in [6, 6.07) is 14.7. The molecule has 29 heavy (non-hydrogen) atoms. The van der Waals surface area contributed by atoms with E-state index in [1.807, 2.05) is 32.0 Å². The number of rotatable bonds is 6. The third-order valence-corrected chi connectivity index (χ3v) is 4.61. The van der Waals surface area contributed by atoms with Crippen LogP contribution in [0.3, 0.4) is 0 Å². The van der Waals surface area contributed by atoms with Crippen LogP contribution in [0.25, 0.3) is 0 Å². The SMILES string of the molecule is CCc1cccc(CC)c1NC(=O)c1ccnc(C(=O)Nc2ccccc2F)c1. The topological polar surface area (TPSA) is 71.1 Å². The van der Waals surface area contributed by atoms with Crippen molar-refractivity contribution in [2.45, 2.75) is 26.7 Å². The average Bonchev–Trinajstić information content (AvgIpc) is 2.75. The Labute approximate surface area is 169 Å². The van der Waals surface area contributed by atoms with Gasteiger partial charge in [0.05, 0.1) is 5.69 Å². The minimum Gasteiger partial charge on any atom is -0.321 e. The van der Waals surface area contributed by atoms with Gasteiger partial charge in [-0.3, -0.25) is 14.6 Å². The zero-order chi connectivity index (χ0) is 20.8. The van der Waals surface area contributed by atoms with Crippen molar-refractivity contribution in [2.75, 3.05) is 10.6 Å². The zero-order valence-corrected chi connectivity index (χ0v) is 16.3. The molecule has 0 saturated heterocycles. The highest BCUT2D eigenvalue weighted by atomic mass is 19.1. The molecule has 0 bridgehead atoms. The molecule has 6 heteroatoms. The van der Waals surface area contributed by atoms with Crippen LogP contribution >= 0.6 is 0 Å². The van der Waals surface area contributed by atoms with Crippen LogP contribution in [0.1, 0.15) is 45.8 Å². The highest BCUT2D eigenvalue weighted by molar-refractivity contribution is 6.08. The molecule has 0 unspecified atom stereocenters. The first-order valence-electron chi connectivity index (χ1n) is 9.47. The lowest BCUT2D eigenvalue weighted by Crippen LogP contribution is -2.18. The number of halogens is 1. The molecule has 0 saturated carbocycles. The van der Waals surface area contributed by atoms with E-state index in [0.717, 1.165) is 29.7 Å². The number of para-hydroxylation sites is 2. The van der Waals surface area contributed by atoms with Gasteiger partial charge < -0.3 is 10.6 Å². The van der Waals surface area contributed by atoms with E-state index in [4.69, 9.17) is 0 Å². The van der Waals surface area contributed by atoms with E-state index >= 15 is 0 Å². The molecular formula is C23H22FN3O2. The summed E-state index contributed by atoms with van der Waals surface area (Å²) in [7, 11) is 0. The number of amides is 2. The van der Waals surface area contributed by atoms with Crippen LogP contribution in [0.15, 0.2) is 60.8 Å². The smallest absolute Gasteiger partial charge is 0.274 e. The number of benzene rings is 2. The van der Waals surface area contributed by atoms with Gasteiger partial charge in [-0.25, -0.2) is 4.39 Å². The normalized spacial score (nSPS) is 10.4. The van der Waals surface area contributed by atoms with E-state index in [9.17, 15) is 14.0 Å². The summed E-state index contributed by atoms with van der Waals surface area (Å²) in [5, 5.41) is 5.43. The highest BCUT2D eigenvalue weighted by Gasteiger charge is 2.15. The molecule has 0 fully saturated rings. The summed E-state index contributed by atoms with van der Waals surface area (Å²) < 4.78 is 13.8. The van der Waals surface area contributed by atoms with Gasteiger partial charge in [-0.05, 0) is 48.2 Å². The second kappa shape index (κ2) is 9.10. The van der Waals surface area contributed by atoms with Gasteiger partial charge in [0.2, 0.25) is 0 Å². The predicted molar refractivity (Wildman–Crippen MR) is 112 cm³/mol. The number of hydrogen-bond acceptors (Lipinski definition) is 3. The lowest BCUT2D eigenvalue weighted by molar-refractivity contribution is 0.102. The van der Waals surface area contributed by atoms with E-state index in [1.165, 1.54) is 36.5 Å². The maximum atomic E-state index is 13.8. The molecule has 5 nitrogen and oxygen atoms in total. The van der Waals surface area contributed by atoms with Crippen molar-refractivity contribution in [1.29, 1.82) is 0 Å². The Morgan fingerprint density at radius 1 is 0.897 bits per heavy atom. The quantitative estimate of drug-likeness (QED) is 0.631. The summed E-state index contributed by atoms with van der Waals surface area (Å²) in [6.45, 7) is 4.06. The van der Waals surface area contributed by atoms with E-state index in [0.29, 0.717) is 5.56 Å². The molecule has 148 valence electrons. The Kier molecular flexibility index (Phi) is 6.34. The summed E-state index contributed by atoms with van der Waals surface area (Å²) >= 11 is 0. The minimum atomic E-state index is -0.590. The van der Waals surface area contributed by atoms with Crippen molar-refractivity contribution in [1.82, 2.24) is 4.98 Å². The van der Waals surface area contributed by atoms with E-state index in [1.54, 1.807) is 6.07 Å². The predicted octanol–water partition coefficient (Wildman–Crippen LogP) is 4.85. The number of carbonyl (C=O) groups excluding carboxylic acids is 2. The molecular weight excluding hydrogens is 369 g/mol. The van der Waals surface area contributed by atoms with E-state index in [2.05, 4.69) is 15.6 Å². The third-order valence-electron chi connectivity index (χ3n) is 4.61. The molecule has 1 heterocycles. The lowest BCUT2D eigenvalue weighted by Gasteiger charge is -2.14. The van der Waals surface area contributed by atoms with Gasteiger partial charge in [0.25, 0.3) is 11.8 Å². The maximum Gasteiger partial charge on any atom is 0.274 e. The monoisotopic (exact) mass is 391 g/mol. The molecule has 3 aromatic rings. The first kappa shape index (κ1) is 20.2. The number of aryl methyl sites for hydroxylation is 2. The molecule has 2 amide bonds. The first-order chi connectivity index (χ1) is 14.0. The number of anilines is 2. The minimum absolute atomic E-state index is 0.0281. The fraction of sp³-hybridized carbons (Fsp3) is 0.174. The van der Waals surface area contributed by atoms with Gasteiger partial charge >= 0.3 is 0 Å². The first-order valence-corrected chi connectivity index (χ1v) is 9.47. The van der Waals surface area contributed by atoms with Crippen LogP contribution in [-0.4, -0.2) is 16.8 Å². The summed E-state index contributed by atoms with van der Waals surface area (Å²) in [4.78, 5) is 29.2. The summed E-state index contributed by atoms with van der Waals surface area (Å²) in [6.07, 6.45) is 2.96. The third kappa shape index (κ3) is 4.66. The molecule has 2 aromatic carbocycles. The van der Waals surface area contributed by atoms with Crippen LogP contribution in [-0.2, 0) is 12.8 Å². The van der Waals surface area contributed by atoms with Crippen LogP contribution in [0.4, 0.5) is 15.8 Å². The largest absolute Gasteiger partial charge is 0.321 e. The summed E-state index contributed by atoms with van der Waals surface area (Å²) in [5.41, 5.74) is 3.27. The number of hydrogen-bond donors (Lipinski definition) is 2. The van der Waals surface area contributed by atoms with Gasteiger partial charge in [0.1, 0.15) is 11.5 Å². The highest BCUT2D eigenvalue weighted by Crippen LogP contribution is 2.23. The van der Waals surface area contributed by atoms with Gasteiger partial charge in [0.15, 0.2) is 0 Å². The van der Waals surface area contributed by atoms with Crippen molar-refractivity contribution in [2.24, 2.45) is 0 Å².